The minimum atomic E-state index is 0.0618. The van der Waals surface area contributed by atoms with Gasteiger partial charge in [0.2, 0.25) is 0 Å². The largest absolute Gasteiger partial charge is 0.296 e. The molecule has 0 amide bonds. The summed E-state index contributed by atoms with van der Waals surface area (Å²) in [6.07, 6.45) is 8.78. The van der Waals surface area contributed by atoms with Crippen molar-refractivity contribution in [2.75, 3.05) is 0 Å². The zero-order chi connectivity index (χ0) is 23.2. The molecule has 5 aromatic rings. The zero-order valence-electron chi connectivity index (χ0n) is 19.0. The third kappa shape index (κ3) is 3.81. The smallest absolute Gasteiger partial charge is 0.164 e. The van der Waals surface area contributed by atoms with E-state index in [0.29, 0.717) is 24.3 Å². The van der Waals surface area contributed by atoms with Crippen molar-refractivity contribution in [3.05, 3.63) is 76.4 Å². The number of ketones is 1. The van der Waals surface area contributed by atoms with Gasteiger partial charge < -0.3 is 0 Å². The second-order valence-corrected chi connectivity index (χ2v) is 10.1. The number of hydrogen-bond acceptors (Lipinski definition) is 7. The van der Waals surface area contributed by atoms with Crippen LogP contribution in [0.3, 0.4) is 0 Å². The molecule has 170 valence electrons. The van der Waals surface area contributed by atoms with E-state index >= 15 is 0 Å². The lowest BCUT2D eigenvalue weighted by atomic mass is 10.0. The van der Waals surface area contributed by atoms with Gasteiger partial charge in [0.1, 0.15) is 5.69 Å². The van der Waals surface area contributed by atoms with Crippen LogP contribution >= 0.6 is 11.3 Å². The highest BCUT2D eigenvalue weighted by Gasteiger charge is 2.31. The van der Waals surface area contributed by atoms with Crippen LogP contribution in [0.4, 0.5) is 0 Å². The molecule has 0 aromatic carbocycles. The van der Waals surface area contributed by atoms with Crippen LogP contribution in [0, 0.1) is 13.8 Å². The van der Waals surface area contributed by atoms with E-state index in [9.17, 15) is 4.79 Å². The van der Waals surface area contributed by atoms with E-state index in [1.165, 1.54) is 4.88 Å². The van der Waals surface area contributed by atoms with Crippen LogP contribution < -0.4 is 0 Å². The van der Waals surface area contributed by atoms with Crippen LogP contribution in [0.1, 0.15) is 57.5 Å². The predicted molar refractivity (Wildman–Crippen MR) is 130 cm³/mol. The topological polar surface area (TPSA) is 90.9 Å². The highest BCUT2D eigenvalue weighted by Crippen LogP contribution is 2.40. The molecule has 0 aliphatic heterocycles. The van der Waals surface area contributed by atoms with E-state index in [2.05, 4.69) is 39.6 Å². The van der Waals surface area contributed by atoms with Gasteiger partial charge in [0.05, 0.1) is 16.8 Å². The molecule has 9 heteroatoms. The fraction of sp³-hybridized carbons (Fsp3) is 0.280. The molecule has 5 heterocycles. The summed E-state index contributed by atoms with van der Waals surface area (Å²) in [5, 5.41) is 12.5. The molecule has 0 spiro atoms. The quantitative estimate of drug-likeness (QED) is 0.320. The van der Waals surface area contributed by atoms with Crippen molar-refractivity contribution < 1.29 is 4.79 Å². The number of aromatic nitrogens is 7. The normalized spacial score (nSPS) is 13.6. The van der Waals surface area contributed by atoms with E-state index in [1.54, 1.807) is 16.0 Å². The summed E-state index contributed by atoms with van der Waals surface area (Å²) in [4.78, 5) is 24.7. The number of carbonyl (C=O) groups is 1. The Balaban J connectivity index is 1.43. The van der Waals surface area contributed by atoms with E-state index < -0.39 is 0 Å². The Morgan fingerprint density at radius 2 is 2.00 bits per heavy atom. The third-order valence-electron chi connectivity index (χ3n) is 6.18. The average Bonchev–Trinajstić information content (AvgIpc) is 3.21. The average molecular weight is 470 g/mol. The first-order valence-corrected chi connectivity index (χ1v) is 12.2. The molecule has 5 aromatic heterocycles. The highest BCUT2D eigenvalue weighted by molar-refractivity contribution is 7.15. The second kappa shape index (κ2) is 8.25. The van der Waals surface area contributed by atoms with Gasteiger partial charge in [0.25, 0.3) is 0 Å². The lowest BCUT2D eigenvalue weighted by Crippen LogP contribution is -2.09. The van der Waals surface area contributed by atoms with Crippen molar-refractivity contribution in [1.82, 2.24) is 34.6 Å². The van der Waals surface area contributed by atoms with E-state index in [4.69, 9.17) is 4.98 Å². The minimum absolute atomic E-state index is 0.0618. The number of pyridine rings is 2. The molecule has 6 rings (SSSR count). The van der Waals surface area contributed by atoms with Crippen LogP contribution in [-0.2, 0) is 6.42 Å². The number of carbonyl (C=O) groups excluding carboxylic acids is 1. The molecular formula is C25H23N7OS. The van der Waals surface area contributed by atoms with Gasteiger partial charge in [-0.1, -0.05) is 6.07 Å². The van der Waals surface area contributed by atoms with Gasteiger partial charge >= 0.3 is 0 Å². The van der Waals surface area contributed by atoms with Crippen molar-refractivity contribution in [1.29, 1.82) is 0 Å². The standard InChI is InChI=1S/C25H23N7OS/c1-15-3-5-17(12-26-15)6-9-22(33)19-11-20(32-24(18-7-8-18)28-29-30-32)25-27-13-21(31(25)14-19)23-10-4-16(2)34-23/h3-5,10-14,18H,6-9H2,1-2H3. The van der Waals surface area contributed by atoms with Gasteiger partial charge in [0.15, 0.2) is 17.3 Å². The van der Waals surface area contributed by atoms with Gasteiger partial charge in [-0.25, -0.2) is 4.98 Å². The Morgan fingerprint density at radius 1 is 1.12 bits per heavy atom. The van der Waals surface area contributed by atoms with E-state index in [1.807, 2.05) is 48.1 Å². The third-order valence-corrected chi connectivity index (χ3v) is 7.20. The fourth-order valence-electron chi connectivity index (χ4n) is 4.14. The molecule has 1 aliphatic rings. The fourth-order valence-corrected chi connectivity index (χ4v) is 5.02. The highest BCUT2D eigenvalue weighted by atomic mass is 32.1. The van der Waals surface area contributed by atoms with Crippen molar-refractivity contribution in [2.24, 2.45) is 0 Å². The number of imidazole rings is 1. The number of Topliss-reactive ketones (excluding diaryl/α,β-unsaturated/α-hetero) is 1. The lowest BCUT2D eigenvalue weighted by Gasteiger charge is -2.10. The number of nitrogens with zero attached hydrogens (tertiary/aromatic N) is 7. The Morgan fingerprint density at radius 3 is 2.74 bits per heavy atom. The van der Waals surface area contributed by atoms with Crippen LogP contribution in [-0.4, -0.2) is 40.4 Å². The molecule has 0 atom stereocenters. The Hall–Kier alpha value is -3.72. The molecule has 1 fully saturated rings. The number of fused-ring (bicyclic) bond motifs is 1. The lowest BCUT2D eigenvalue weighted by molar-refractivity contribution is 0.0982. The molecular weight excluding hydrogens is 446 g/mol. The SMILES string of the molecule is Cc1ccc(CCC(=O)c2cc(-n3nnnc3C3CC3)c3ncc(-c4ccc(C)s4)n3c2)cn1. The van der Waals surface area contributed by atoms with Gasteiger partial charge in [0, 0.05) is 40.9 Å². The molecule has 0 radical (unpaired) electrons. The van der Waals surface area contributed by atoms with Crippen LogP contribution in [0.25, 0.3) is 21.9 Å². The molecule has 0 saturated heterocycles. The Labute approximate surface area is 200 Å². The summed E-state index contributed by atoms with van der Waals surface area (Å²) in [6, 6.07) is 10.1. The van der Waals surface area contributed by atoms with Crippen LogP contribution in [0.2, 0.25) is 0 Å². The number of thiophene rings is 1. The van der Waals surface area contributed by atoms with Gasteiger partial charge in [-0.2, -0.15) is 4.68 Å². The molecule has 0 bridgehead atoms. The maximum Gasteiger partial charge on any atom is 0.164 e. The second-order valence-electron chi connectivity index (χ2n) is 8.82. The number of tetrazole rings is 1. The molecule has 1 saturated carbocycles. The van der Waals surface area contributed by atoms with Crippen molar-refractivity contribution in [2.45, 2.75) is 45.4 Å². The maximum atomic E-state index is 13.3. The monoisotopic (exact) mass is 469 g/mol. The first kappa shape index (κ1) is 20.9. The van der Waals surface area contributed by atoms with Crippen LogP contribution in [0.15, 0.2) is 48.9 Å². The molecule has 34 heavy (non-hydrogen) atoms. The first-order valence-electron chi connectivity index (χ1n) is 11.4. The Kier molecular flexibility index (Phi) is 5.06. The maximum absolute atomic E-state index is 13.3. The van der Waals surface area contributed by atoms with Gasteiger partial charge in [-0.15, -0.1) is 16.4 Å². The zero-order valence-corrected chi connectivity index (χ0v) is 19.8. The summed E-state index contributed by atoms with van der Waals surface area (Å²) in [6.45, 7) is 4.04. The number of aryl methyl sites for hydroxylation is 3. The summed E-state index contributed by atoms with van der Waals surface area (Å²) >= 11 is 1.70. The molecule has 1 aliphatic carbocycles. The van der Waals surface area contributed by atoms with Crippen LogP contribution in [0.5, 0.6) is 0 Å². The number of rotatable bonds is 7. The van der Waals surface area contributed by atoms with E-state index in [-0.39, 0.29) is 5.78 Å². The van der Waals surface area contributed by atoms with Gasteiger partial charge in [-0.3, -0.25) is 14.2 Å². The minimum Gasteiger partial charge on any atom is -0.296 e. The summed E-state index contributed by atoms with van der Waals surface area (Å²) in [7, 11) is 0. The molecule has 0 N–H and O–H groups in total. The van der Waals surface area contributed by atoms with Crippen molar-refractivity contribution in [3.63, 3.8) is 0 Å². The predicted octanol–water partition coefficient (Wildman–Crippen LogP) is 4.74. The van der Waals surface area contributed by atoms with Crippen molar-refractivity contribution in [3.8, 4) is 16.3 Å². The Bertz CT molecular complexity index is 1510. The summed E-state index contributed by atoms with van der Waals surface area (Å²) < 4.78 is 3.75. The molecule has 8 nitrogen and oxygen atoms in total. The summed E-state index contributed by atoms with van der Waals surface area (Å²) in [5.74, 6) is 1.25. The van der Waals surface area contributed by atoms with Gasteiger partial charge in [-0.05, 0) is 73.4 Å². The van der Waals surface area contributed by atoms with Crippen molar-refractivity contribution >= 4 is 22.8 Å². The first-order chi connectivity index (χ1) is 16.6. The number of hydrogen-bond donors (Lipinski definition) is 0. The molecule has 0 unspecified atom stereocenters. The van der Waals surface area contributed by atoms with E-state index in [0.717, 1.165) is 51.8 Å². The summed E-state index contributed by atoms with van der Waals surface area (Å²) in [5.41, 5.74) is 5.05.